The molecule has 0 fully saturated rings. The fraction of sp³-hybridized carbons (Fsp3) is 0.600. The number of benzene rings is 1. The summed E-state index contributed by atoms with van der Waals surface area (Å²) in [4.78, 5) is 0. The van der Waals surface area contributed by atoms with Crippen molar-refractivity contribution in [3.63, 3.8) is 0 Å². The Labute approximate surface area is 124 Å². The molecular weight excluding hydrogens is 310 g/mol. The Balaban J connectivity index is 2.71. The van der Waals surface area contributed by atoms with Crippen LogP contribution in [0, 0.1) is 5.41 Å². The maximum absolute atomic E-state index is 6.30. The molecule has 0 heterocycles. The van der Waals surface area contributed by atoms with Gasteiger partial charge in [-0.3, -0.25) is 0 Å². The minimum Gasteiger partial charge on any atom is -0.316 e. The second-order valence-corrected chi connectivity index (χ2v) is 6.58. The first-order valence-corrected chi connectivity index (χ1v) is 7.82. The summed E-state index contributed by atoms with van der Waals surface area (Å²) in [5.74, 6) is 0. The van der Waals surface area contributed by atoms with Gasteiger partial charge in [0.25, 0.3) is 0 Å². The van der Waals surface area contributed by atoms with E-state index in [4.69, 9.17) is 11.6 Å². The highest BCUT2D eigenvalue weighted by molar-refractivity contribution is 9.10. The molecule has 0 saturated heterocycles. The lowest BCUT2D eigenvalue weighted by Gasteiger charge is -2.29. The Hall–Kier alpha value is -0.0500. The van der Waals surface area contributed by atoms with Crippen molar-refractivity contribution in [1.29, 1.82) is 0 Å². The molecule has 0 aromatic heterocycles. The molecule has 3 heteroatoms. The maximum atomic E-state index is 6.30. The van der Waals surface area contributed by atoms with Gasteiger partial charge in [0.1, 0.15) is 0 Å². The van der Waals surface area contributed by atoms with Crippen LogP contribution in [0.15, 0.2) is 22.7 Å². The zero-order valence-corrected chi connectivity index (χ0v) is 13.9. The molecule has 18 heavy (non-hydrogen) atoms. The Kier molecular flexibility index (Phi) is 6.68. The van der Waals surface area contributed by atoms with E-state index in [1.807, 2.05) is 6.07 Å². The van der Waals surface area contributed by atoms with Crippen molar-refractivity contribution in [3.8, 4) is 0 Å². The molecule has 1 unspecified atom stereocenters. The van der Waals surface area contributed by atoms with Crippen LogP contribution in [0.5, 0.6) is 0 Å². The lowest BCUT2D eigenvalue weighted by atomic mass is 9.81. The van der Waals surface area contributed by atoms with E-state index in [1.54, 1.807) is 0 Å². The number of halogens is 2. The van der Waals surface area contributed by atoms with Crippen molar-refractivity contribution in [2.45, 2.75) is 40.0 Å². The highest BCUT2D eigenvalue weighted by atomic mass is 79.9. The zero-order chi connectivity index (χ0) is 13.6. The molecule has 0 aliphatic carbocycles. The Morgan fingerprint density at radius 3 is 2.61 bits per heavy atom. The second-order valence-electron chi connectivity index (χ2n) is 5.25. The minimum absolute atomic E-state index is 0.270. The molecule has 1 rings (SSSR count). The van der Waals surface area contributed by atoms with Gasteiger partial charge in [-0.1, -0.05) is 54.4 Å². The quantitative estimate of drug-likeness (QED) is 0.688. The van der Waals surface area contributed by atoms with E-state index in [1.165, 1.54) is 12.0 Å². The number of hydrogen-bond donors (Lipinski definition) is 1. The summed E-state index contributed by atoms with van der Waals surface area (Å²) < 4.78 is 1.04. The number of rotatable bonds is 7. The molecule has 0 amide bonds. The van der Waals surface area contributed by atoms with E-state index in [9.17, 15) is 0 Å². The normalized spacial score (nSPS) is 14.5. The molecule has 0 aliphatic rings. The molecule has 1 aromatic carbocycles. The molecule has 1 nitrogen and oxygen atoms in total. The molecule has 0 bridgehead atoms. The van der Waals surface area contributed by atoms with Crippen LogP contribution in [-0.4, -0.2) is 13.1 Å². The van der Waals surface area contributed by atoms with Crippen LogP contribution >= 0.6 is 27.5 Å². The number of nitrogens with one attached hydrogen (secondary N) is 1. The van der Waals surface area contributed by atoms with Crippen LogP contribution in [0.4, 0.5) is 0 Å². The molecule has 1 atom stereocenters. The van der Waals surface area contributed by atoms with Crippen molar-refractivity contribution in [3.05, 3.63) is 33.3 Å². The molecule has 0 aliphatic heterocycles. The molecule has 0 radical (unpaired) electrons. The topological polar surface area (TPSA) is 12.0 Å². The monoisotopic (exact) mass is 331 g/mol. The van der Waals surface area contributed by atoms with Crippen LogP contribution in [-0.2, 0) is 6.42 Å². The third-order valence-electron chi connectivity index (χ3n) is 3.46. The standard InChI is InChI=1S/C15H23BrClN/c1-4-8-18-11-15(3,5-2)10-12-6-7-13(16)9-14(12)17/h6-7,9,18H,4-5,8,10-11H2,1-3H3. The summed E-state index contributed by atoms with van der Waals surface area (Å²) in [6.45, 7) is 8.91. The second kappa shape index (κ2) is 7.52. The van der Waals surface area contributed by atoms with Gasteiger partial charge in [0, 0.05) is 16.0 Å². The van der Waals surface area contributed by atoms with Crippen LogP contribution in [0.1, 0.15) is 39.2 Å². The first-order valence-electron chi connectivity index (χ1n) is 6.65. The average molecular weight is 333 g/mol. The first-order chi connectivity index (χ1) is 8.50. The van der Waals surface area contributed by atoms with Crippen molar-refractivity contribution in [2.24, 2.45) is 5.41 Å². The largest absolute Gasteiger partial charge is 0.316 e. The average Bonchev–Trinajstić information content (AvgIpc) is 2.33. The molecule has 0 saturated carbocycles. The Bertz CT molecular complexity index is 381. The van der Waals surface area contributed by atoms with Crippen molar-refractivity contribution in [2.75, 3.05) is 13.1 Å². The number of hydrogen-bond acceptors (Lipinski definition) is 1. The Morgan fingerprint density at radius 1 is 1.33 bits per heavy atom. The van der Waals surface area contributed by atoms with E-state index >= 15 is 0 Å². The predicted octanol–water partition coefficient (Wildman–Crippen LogP) is 5.06. The Morgan fingerprint density at radius 2 is 2.06 bits per heavy atom. The van der Waals surface area contributed by atoms with Crippen LogP contribution in [0.2, 0.25) is 5.02 Å². The SMILES string of the molecule is CCCNCC(C)(CC)Cc1ccc(Br)cc1Cl. The van der Waals surface area contributed by atoms with E-state index in [-0.39, 0.29) is 5.41 Å². The smallest absolute Gasteiger partial charge is 0.0449 e. The van der Waals surface area contributed by atoms with Gasteiger partial charge in [0.2, 0.25) is 0 Å². The molecule has 0 spiro atoms. The van der Waals surface area contributed by atoms with Gasteiger partial charge >= 0.3 is 0 Å². The summed E-state index contributed by atoms with van der Waals surface area (Å²) in [5, 5.41) is 4.39. The van der Waals surface area contributed by atoms with Crippen molar-refractivity contribution >= 4 is 27.5 Å². The summed E-state index contributed by atoms with van der Waals surface area (Å²) in [7, 11) is 0. The fourth-order valence-electron chi connectivity index (χ4n) is 2.00. The van der Waals surface area contributed by atoms with Crippen molar-refractivity contribution in [1.82, 2.24) is 5.32 Å². The van der Waals surface area contributed by atoms with Gasteiger partial charge < -0.3 is 5.32 Å². The molecule has 1 aromatic rings. The van der Waals surface area contributed by atoms with E-state index < -0.39 is 0 Å². The van der Waals surface area contributed by atoms with Crippen molar-refractivity contribution < 1.29 is 0 Å². The minimum atomic E-state index is 0.270. The van der Waals surface area contributed by atoms with Gasteiger partial charge in [0.05, 0.1) is 0 Å². The predicted molar refractivity (Wildman–Crippen MR) is 84.4 cm³/mol. The highest BCUT2D eigenvalue weighted by Gasteiger charge is 2.23. The lowest BCUT2D eigenvalue weighted by molar-refractivity contribution is 0.291. The third kappa shape index (κ3) is 4.91. The highest BCUT2D eigenvalue weighted by Crippen LogP contribution is 2.30. The molecule has 102 valence electrons. The summed E-state index contributed by atoms with van der Waals surface area (Å²) in [5.41, 5.74) is 1.51. The first kappa shape index (κ1) is 16.0. The van der Waals surface area contributed by atoms with Gasteiger partial charge in [-0.25, -0.2) is 0 Å². The van der Waals surface area contributed by atoms with Gasteiger partial charge in [-0.15, -0.1) is 0 Å². The van der Waals surface area contributed by atoms with E-state index in [2.05, 4.69) is 54.2 Å². The summed E-state index contributed by atoms with van der Waals surface area (Å²) in [6, 6.07) is 6.17. The zero-order valence-electron chi connectivity index (χ0n) is 11.5. The van der Waals surface area contributed by atoms with Gasteiger partial charge in [-0.2, -0.15) is 0 Å². The lowest BCUT2D eigenvalue weighted by Crippen LogP contribution is -2.33. The van der Waals surface area contributed by atoms with Crippen LogP contribution in [0.25, 0.3) is 0 Å². The molecular formula is C15H23BrClN. The van der Waals surface area contributed by atoms with E-state index in [0.717, 1.165) is 35.4 Å². The summed E-state index contributed by atoms with van der Waals surface area (Å²) >= 11 is 9.75. The fourth-order valence-corrected chi connectivity index (χ4v) is 2.74. The maximum Gasteiger partial charge on any atom is 0.0449 e. The van der Waals surface area contributed by atoms with Crippen LogP contribution < -0.4 is 5.32 Å². The van der Waals surface area contributed by atoms with E-state index in [0.29, 0.717) is 0 Å². The summed E-state index contributed by atoms with van der Waals surface area (Å²) in [6.07, 6.45) is 3.35. The van der Waals surface area contributed by atoms with Crippen LogP contribution in [0.3, 0.4) is 0 Å². The van der Waals surface area contributed by atoms with Gasteiger partial charge in [0.15, 0.2) is 0 Å². The van der Waals surface area contributed by atoms with Gasteiger partial charge in [-0.05, 0) is 48.9 Å². The molecule has 1 N–H and O–H groups in total. The third-order valence-corrected chi connectivity index (χ3v) is 4.31.